The number of rotatable bonds is 6. The second kappa shape index (κ2) is 7.76. The maximum Gasteiger partial charge on any atom is 0.291 e. The average Bonchev–Trinajstić information content (AvgIpc) is 3.38. The number of furan rings is 1. The van der Waals surface area contributed by atoms with Crippen molar-refractivity contribution in [2.45, 2.75) is 11.6 Å². The lowest BCUT2D eigenvalue weighted by Crippen LogP contribution is -2.22. The van der Waals surface area contributed by atoms with Crippen LogP contribution in [0.15, 0.2) is 58.0 Å². The van der Waals surface area contributed by atoms with Crippen molar-refractivity contribution in [2.24, 2.45) is 0 Å². The van der Waals surface area contributed by atoms with Gasteiger partial charge in [0.2, 0.25) is 11.9 Å². The van der Waals surface area contributed by atoms with E-state index in [-0.39, 0.29) is 19.1 Å². The molecule has 2 aromatic carbocycles. The molecular formula is C19H14F2N2O6S. The Bertz CT molecular complexity index is 1230. The average molecular weight is 436 g/mol. The van der Waals surface area contributed by atoms with Crippen LogP contribution >= 0.6 is 0 Å². The number of hydrogen-bond acceptors (Lipinski definition) is 6. The zero-order valence-corrected chi connectivity index (χ0v) is 16.0. The Labute approximate surface area is 169 Å². The molecule has 0 spiro atoms. The minimum absolute atomic E-state index is 0.0598. The molecule has 0 aliphatic carbocycles. The topological polar surface area (TPSA) is 107 Å². The number of sulfonamides is 1. The van der Waals surface area contributed by atoms with Gasteiger partial charge in [-0.2, -0.15) is 0 Å². The number of carbonyl (C=O) groups is 1. The highest BCUT2D eigenvalue weighted by molar-refractivity contribution is 7.89. The molecule has 2 N–H and O–H groups in total. The summed E-state index contributed by atoms with van der Waals surface area (Å²) in [7, 11) is -4.08. The van der Waals surface area contributed by atoms with Crippen LogP contribution in [0.1, 0.15) is 16.1 Å². The van der Waals surface area contributed by atoms with Crippen molar-refractivity contribution < 1.29 is 35.9 Å². The van der Waals surface area contributed by atoms with E-state index in [1.807, 2.05) is 0 Å². The van der Waals surface area contributed by atoms with Gasteiger partial charge in [-0.25, -0.2) is 21.9 Å². The van der Waals surface area contributed by atoms with E-state index in [4.69, 9.17) is 13.9 Å². The first kappa shape index (κ1) is 19.9. The number of anilines is 1. The molecule has 1 aliphatic heterocycles. The molecule has 0 bridgehead atoms. The number of fused-ring (bicyclic) bond motifs is 1. The van der Waals surface area contributed by atoms with Gasteiger partial charge in [0, 0.05) is 12.6 Å². The van der Waals surface area contributed by atoms with E-state index < -0.39 is 38.3 Å². The van der Waals surface area contributed by atoms with E-state index in [1.54, 1.807) is 18.2 Å². The molecule has 0 unspecified atom stereocenters. The second-order valence-corrected chi connectivity index (χ2v) is 7.91. The Morgan fingerprint density at radius 2 is 1.80 bits per heavy atom. The largest absolute Gasteiger partial charge is 0.454 e. The van der Waals surface area contributed by atoms with Crippen molar-refractivity contribution in [3.05, 3.63) is 71.5 Å². The van der Waals surface area contributed by atoms with Gasteiger partial charge in [-0.1, -0.05) is 6.07 Å². The maximum atomic E-state index is 13.7. The van der Waals surface area contributed by atoms with Crippen LogP contribution in [-0.4, -0.2) is 21.1 Å². The van der Waals surface area contributed by atoms with E-state index in [2.05, 4.69) is 10.0 Å². The van der Waals surface area contributed by atoms with Gasteiger partial charge in [-0.05, 0) is 42.0 Å². The first-order chi connectivity index (χ1) is 14.3. The Hall–Kier alpha value is -3.44. The molecule has 11 heteroatoms. The first-order valence-corrected chi connectivity index (χ1v) is 10.0. The third-order valence-corrected chi connectivity index (χ3v) is 5.42. The second-order valence-electron chi connectivity index (χ2n) is 6.21. The standard InChI is InChI=1S/C19H14F2N2O6S/c20-12-2-3-13(21)14(8-12)23-19(24)16-5-6-18(29-16)30(25,26)22-9-11-1-4-15-17(7-11)28-10-27-15/h1-8,22H,9-10H2,(H,23,24). The van der Waals surface area contributed by atoms with Gasteiger partial charge < -0.3 is 19.2 Å². The summed E-state index contributed by atoms with van der Waals surface area (Å²) in [6.07, 6.45) is 0. The summed E-state index contributed by atoms with van der Waals surface area (Å²) >= 11 is 0. The van der Waals surface area contributed by atoms with E-state index in [9.17, 15) is 22.0 Å². The Balaban J connectivity index is 1.44. The molecule has 0 fully saturated rings. The maximum absolute atomic E-state index is 13.7. The molecule has 156 valence electrons. The van der Waals surface area contributed by atoms with Crippen molar-refractivity contribution in [1.29, 1.82) is 0 Å². The van der Waals surface area contributed by atoms with Crippen molar-refractivity contribution in [3.8, 4) is 11.5 Å². The number of hydrogen-bond donors (Lipinski definition) is 2. The van der Waals surface area contributed by atoms with Crippen LogP contribution in [0.5, 0.6) is 11.5 Å². The number of halogens is 2. The summed E-state index contributed by atoms with van der Waals surface area (Å²) in [5.41, 5.74) is 0.218. The fourth-order valence-electron chi connectivity index (χ4n) is 2.66. The van der Waals surface area contributed by atoms with Crippen molar-refractivity contribution in [3.63, 3.8) is 0 Å². The third-order valence-electron chi connectivity index (χ3n) is 4.15. The normalized spacial score (nSPS) is 12.7. The molecule has 0 saturated carbocycles. The number of ether oxygens (including phenoxy) is 2. The lowest BCUT2D eigenvalue weighted by molar-refractivity contribution is 0.0991. The molecule has 1 aromatic heterocycles. The van der Waals surface area contributed by atoms with Crippen LogP contribution < -0.4 is 19.5 Å². The molecule has 30 heavy (non-hydrogen) atoms. The SMILES string of the molecule is O=C(Nc1cc(F)ccc1F)c1ccc(S(=O)(=O)NCc2ccc3c(c2)OCO3)o1. The summed E-state index contributed by atoms with van der Waals surface area (Å²) in [5, 5.41) is 1.62. The highest BCUT2D eigenvalue weighted by atomic mass is 32.2. The lowest BCUT2D eigenvalue weighted by Gasteiger charge is -2.06. The number of amides is 1. The van der Waals surface area contributed by atoms with Crippen LogP contribution in [0.4, 0.5) is 14.5 Å². The Morgan fingerprint density at radius 3 is 2.63 bits per heavy atom. The highest BCUT2D eigenvalue weighted by Crippen LogP contribution is 2.32. The number of carbonyl (C=O) groups excluding carboxylic acids is 1. The monoisotopic (exact) mass is 436 g/mol. The summed E-state index contributed by atoms with van der Waals surface area (Å²) in [6, 6.07) is 9.70. The lowest BCUT2D eigenvalue weighted by atomic mass is 10.2. The van der Waals surface area contributed by atoms with Gasteiger partial charge in [0.05, 0.1) is 5.69 Å². The van der Waals surface area contributed by atoms with E-state index in [1.165, 1.54) is 0 Å². The van der Waals surface area contributed by atoms with Crippen LogP contribution in [0.3, 0.4) is 0 Å². The van der Waals surface area contributed by atoms with Crippen LogP contribution in [0.2, 0.25) is 0 Å². The minimum atomic E-state index is -4.08. The fraction of sp³-hybridized carbons (Fsp3) is 0.105. The van der Waals surface area contributed by atoms with E-state index >= 15 is 0 Å². The summed E-state index contributed by atoms with van der Waals surface area (Å²) < 4.78 is 69.6. The van der Waals surface area contributed by atoms with Gasteiger partial charge in [0.25, 0.3) is 15.9 Å². The smallest absolute Gasteiger partial charge is 0.291 e. The zero-order valence-electron chi connectivity index (χ0n) is 15.1. The number of benzene rings is 2. The summed E-state index contributed by atoms with van der Waals surface area (Å²) in [5.74, 6) is -1.85. The summed E-state index contributed by atoms with van der Waals surface area (Å²) in [6.45, 7) is 0.0387. The van der Waals surface area contributed by atoms with Crippen molar-refractivity contribution >= 4 is 21.6 Å². The van der Waals surface area contributed by atoms with Gasteiger partial charge >= 0.3 is 0 Å². The molecule has 2 heterocycles. The zero-order chi connectivity index (χ0) is 21.3. The predicted octanol–water partition coefficient (Wildman–Crippen LogP) is 3.02. The van der Waals surface area contributed by atoms with Crippen LogP contribution in [0.25, 0.3) is 0 Å². The molecule has 8 nitrogen and oxygen atoms in total. The highest BCUT2D eigenvalue weighted by Gasteiger charge is 2.22. The van der Waals surface area contributed by atoms with Crippen molar-refractivity contribution in [2.75, 3.05) is 12.1 Å². The molecule has 0 radical (unpaired) electrons. The van der Waals surface area contributed by atoms with Crippen LogP contribution in [-0.2, 0) is 16.6 Å². The van der Waals surface area contributed by atoms with E-state index in [0.29, 0.717) is 17.1 Å². The molecular weight excluding hydrogens is 422 g/mol. The quantitative estimate of drug-likeness (QED) is 0.615. The molecule has 1 aliphatic rings. The van der Waals surface area contributed by atoms with Crippen molar-refractivity contribution in [1.82, 2.24) is 4.72 Å². The Kier molecular flexibility index (Phi) is 5.14. The fourth-order valence-corrected chi connectivity index (χ4v) is 3.61. The molecule has 3 aromatic rings. The third kappa shape index (κ3) is 4.11. The van der Waals surface area contributed by atoms with Gasteiger partial charge in [0.15, 0.2) is 17.3 Å². The van der Waals surface area contributed by atoms with E-state index in [0.717, 1.165) is 30.3 Å². The predicted molar refractivity (Wildman–Crippen MR) is 99.6 cm³/mol. The van der Waals surface area contributed by atoms with Gasteiger partial charge in [0.1, 0.15) is 11.6 Å². The minimum Gasteiger partial charge on any atom is -0.454 e. The van der Waals surface area contributed by atoms with Gasteiger partial charge in [-0.15, -0.1) is 0 Å². The van der Waals surface area contributed by atoms with Gasteiger partial charge in [-0.3, -0.25) is 4.79 Å². The van der Waals surface area contributed by atoms with Crippen LogP contribution in [0, 0.1) is 11.6 Å². The molecule has 0 saturated heterocycles. The summed E-state index contributed by atoms with van der Waals surface area (Å²) in [4.78, 5) is 12.2. The number of nitrogens with one attached hydrogen (secondary N) is 2. The first-order valence-electron chi connectivity index (χ1n) is 8.56. The molecule has 0 atom stereocenters. The Morgan fingerprint density at radius 1 is 1.00 bits per heavy atom. The molecule has 1 amide bonds. The molecule has 4 rings (SSSR count).